The van der Waals surface area contributed by atoms with Gasteiger partial charge < -0.3 is 4.90 Å². The number of hydrogen-bond donors (Lipinski definition) is 0. The predicted octanol–water partition coefficient (Wildman–Crippen LogP) is 2.76. The van der Waals surface area contributed by atoms with Gasteiger partial charge in [0, 0.05) is 6.54 Å². The summed E-state index contributed by atoms with van der Waals surface area (Å²) in [4.78, 5) is 2.59. The summed E-state index contributed by atoms with van der Waals surface area (Å²) in [7, 11) is 0. The van der Waals surface area contributed by atoms with E-state index in [4.69, 9.17) is 0 Å². The van der Waals surface area contributed by atoms with Crippen LogP contribution >= 0.6 is 0 Å². The lowest BCUT2D eigenvalue weighted by atomic mass is 10.1. The fraction of sp³-hybridized carbons (Fsp3) is 1.00. The minimum absolute atomic E-state index is 0. The Morgan fingerprint density at radius 2 is 1.64 bits per heavy atom. The Bertz CT molecular complexity index is 82.9. The van der Waals surface area contributed by atoms with E-state index in [2.05, 4.69) is 18.7 Å². The Labute approximate surface area is 71.8 Å². The first kappa shape index (κ1) is 11.0. The third-order valence-corrected chi connectivity index (χ3v) is 2.07. The molecule has 0 aromatic heterocycles. The molecule has 0 amide bonds. The lowest BCUT2D eigenvalue weighted by molar-refractivity contribution is 0.206. The first-order valence-corrected chi connectivity index (χ1v) is 4.51. The highest BCUT2D eigenvalue weighted by atomic mass is 15.1. The van der Waals surface area contributed by atoms with E-state index in [1.54, 1.807) is 0 Å². The first-order chi connectivity index (χ1) is 4.79. The van der Waals surface area contributed by atoms with Crippen LogP contribution in [0.15, 0.2) is 0 Å². The molecule has 0 aliphatic carbocycles. The van der Waals surface area contributed by atoms with Gasteiger partial charge in [0.25, 0.3) is 0 Å². The van der Waals surface area contributed by atoms with Crippen LogP contribution in [-0.2, 0) is 0 Å². The van der Waals surface area contributed by atoms with Gasteiger partial charge in [-0.3, -0.25) is 0 Å². The summed E-state index contributed by atoms with van der Waals surface area (Å²) < 4.78 is 0. The van der Waals surface area contributed by atoms with Crippen molar-refractivity contribution in [1.29, 1.82) is 0 Å². The van der Waals surface area contributed by atoms with Gasteiger partial charge in [-0.05, 0) is 31.8 Å². The Morgan fingerprint density at radius 1 is 1.09 bits per heavy atom. The molecule has 1 heteroatoms. The molecule has 0 aromatic rings. The van der Waals surface area contributed by atoms with Crippen molar-refractivity contribution < 1.29 is 0 Å². The molecule has 0 N–H and O–H groups in total. The fourth-order valence-corrected chi connectivity index (χ4v) is 1.66. The second kappa shape index (κ2) is 5.59. The molecule has 0 bridgehead atoms. The lowest BCUT2D eigenvalue weighted by Gasteiger charge is -2.27. The summed E-state index contributed by atoms with van der Waals surface area (Å²) in [6.07, 6.45) is 4.30. The summed E-state index contributed by atoms with van der Waals surface area (Å²) in [5.74, 6) is 0.845. The van der Waals surface area contributed by atoms with E-state index >= 15 is 0 Å². The van der Waals surface area contributed by atoms with Gasteiger partial charge in [-0.2, -0.15) is 0 Å². The molecule has 1 nitrogen and oxygen atoms in total. The third-order valence-electron chi connectivity index (χ3n) is 2.07. The molecular formula is C10H23N. The van der Waals surface area contributed by atoms with Crippen LogP contribution in [-0.4, -0.2) is 24.5 Å². The molecule has 1 saturated heterocycles. The number of hydrogen-bond acceptors (Lipinski definition) is 1. The van der Waals surface area contributed by atoms with Gasteiger partial charge in [-0.25, -0.2) is 0 Å². The second-order valence-electron chi connectivity index (χ2n) is 3.76. The Morgan fingerprint density at radius 3 is 2.09 bits per heavy atom. The van der Waals surface area contributed by atoms with E-state index in [1.165, 1.54) is 38.9 Å². The maximum atomic E-state index is 2.59. The van der Waals surface area contributed by atoms with Crippen molar-refractivity contribution in [3.05, 3.63) is 0 Å². The maximum Gasteiger partial charge on any atom is 0.000438 e. The molecule has 1 heterocycles. The minimum atomic E-state index is 0. The van der Waals surface area contributed by atoms with Crippen LogP contribution < -0.4 is 0 Å². The van der Waals surface area contributed by atoms with Crippen LogP contribution in [0.5, 0.6) is 0 Å². The highest BCUT2D eigenvalue weighted by molar-refractivity contribution is 4.65. The third kappa shape index (κ3) is 4.41. The fourth-order valence-electron chi connectivity index (χ4n) is 1.66. The Kier molecular flexibility index (Phi) is 5.57. The predicted molar refractivity (Wildman–Crippen MR) is 51.9 cm³/mol. The van der Waals surface area contributed by atoms with E-state index in [1.807, 2.05) is 0 Å². The summed E-state index contributed by atoms with van der Waals surface area (Å²) in [6, 6.07) is 0. The molecule has 1 aliphatic heterocycles. The van der Waals surface area contributed by atoms with Crippen LogP contribution in [0.25, 0.3) is 0 Å². The van der Waals surface area contributed by atoms with E-state index in [9.17, 15) is 0 Å². The topological polar surface area (TPSA) is 3.24 Å². The number of likely N-dealkylation sites (tertiary alicyclic amines) is 1. The molecule has 1 rings (SSSR count). The smallest absolute Gasteiger partial charge is 0.000438 e. The summed E-state index contributed by atoms with van der Waals surface area (Å²) >= 11 is 0. The minimum Gasteiger partial charge on any atom is -0.303 e. The number of nitrogens with zero attached hydrogens (tertiary/aromatic N) is 1. The molecule has 0 atom stereocenters. The SMILES string of the molecule is C.CC(C)CN1CCCCC1. The van der Waals surface area contributed by atoms with Gasteiger partial charge in [-0.15, -0.1) is 0 Å². The second-order valence-corrected chi connectivity index (χ2v) is 3.76. The highest BCUT2D eigenvalue weighted by Gasteiger charge is 2.10. The van der Waals surface area contributed by atoms with Crippen molar-refractivity contribution in [3.8, 4) is 0 Å². The normalized spacial score (nSPS) is 19.9. The Hall–Kier alpha value is -0.0400. The van der Waals surface area contributed by atoms with Crippen LogP contribution in [0.1, 0.15) is 40.5 Å². The Balaban J connectivity index is 0.000001000. The molecule has 0 unspecified atom stereocenters. The van der Waals surface area contributed by atoms with Crippen LogP contribution in [0, 0.1) is 5.92 Å². The van der Waals surface area contributed by atoms with Crippen molar-refractivity contribution in [2.24, 2.45) is 5.92 Å². The van der Waals surface area contributed by atoms with Gasteiger partial charge in [0.1, 0.15) is 0 Å². The van der Waals surface area contributed by atoms with Crippen LogP contribution in [0.3, 0.4) is 0 Å². The molecule has 11 heavy (non-hydrogen) atoms. The quantitative estimate of drug-likeness (QED) is 0.596. The standard InChI is InChI=1S/C9H19N.CH4/c1-9(2)8-10-6-4-3-5-7-10;/h9H,3-8H2,1-2H3;1H4. The average molecular weight is 157 g/mol. The highest BCUT2D eigenvalue weighted by Crippen LogP contribution is 2.09. The van der Waals surface area contributed by atoms with Gasteiger partial charge in [0.15, 0.2) is 0 Å². The molecular weight excluding hydrogens is 134 g/mol. The van der Waals surface area contributed by atoms with E-state index in [0.717, 1.165) is 5.92 Å². The van der Waals surface area contributed by atoms with Gasteiger partial charge in [0.05, 0.1) is 0 Å². The van der Waals surface area contributed by atoms with Crippen molar-refractivity contribution >= 4 is 0 Å². The van der Waals surface area contributed by atoms with Crippen molar-refractivity contribution in [2.75, 3.05) is 19.6 Å². The monoisotopic (exact) mass is 157 g/mol. The van der Waals surface area contributed by atoms with Crippen LogP contribution in [0.2, 0.25) is 0 Å². The van der Waals surface area contributed by atoms with E-state index in [-0.39, 0.29) is 7.43 Å². The van der Waals surface area contributed by atoms with Crippen molar-refractivity contribution in [3.63, 3.8) is 0 Å². The average Bonchev–Trinajstić information content (AvgIpc) is 1.88. The molecule has 1 fully saturated rings. The summed E-state index contributed by atoms with van der Waals surface area (Å²) in [5, 5.41) is 0. The van der Waals surface area contributed by atoms with Gasteiger partial charge in [0.2, 0.25) is 0 Å². The van der Waals surface area contributed by atoms with E-state index < -0.39 is 0 Å². The van der Waals surface area contributed by atoms with Crippen molar-refractivity contribution in [1.82, 2.24) is 4.90 Å². The molecule has 68 valence electrons. The van der Waals surface area contributed by atoms with Crippen molar-refractivity contribution in [2.45, 2.75) is 40.5 Å². The van der Waals surface area contributed by atoms with Gasteiger partial charge >= 0.3 is 0 Å². The zero-order chi connectivity index (χ0) is 7.40. The molecule has 0 aromatic carbocycles. The van der Waals surface area contributed by atoms with E-state index in [0.29, 0.717) is 0 Å². The summed E-state index contributed by atoms with van der Waals surface area (Å²) in [6.45, 7) is 8.60. The zero-order valence-corrected chi connectivity index (χ0v) is 7.27. The number of piperidine rings is 1. The maximum absolute atomic E-state index is 2.59. The molecule has 1 aliphatic rings. The molecule has 0 spiro atoms. The first-order valence-electron chi connectivity index (χ1n) is 4.51. The van der Waals surface area contributed by atoms with Crippen LogP contribution in [0.4, 0.5) is 0 Å². The summed E-state index contributed by atoms with van der Waals surface area (Å²) in [5.41, 5.74) is 0. The molecule has 0 radical (unpaired) electrons. The van der Waals surface area contributed by atoms with Gasteiger partial charge in [-0.1, -0.05) is 27.7 Å². The molecule has 0 saturated carbocycles. The number of rotatable bonds is 2. The zero-order valence-electron chi connectivity index (χ0n) is 7.27. The largest absolute Gasteiger partial charge is 0.303 e. The lowest BCUT2D eigenvalue weighted by Crippen LogP contribution is -2.32.